The number of thiol groups is 1. The van der Waals surface area contributed by atoms with Crippen LogP contribution in [-0.2, 0) is 0 Å². The molecule has 1 aromatic carbocycles. The average molecular weight is 251 g/mol. The van der Waals surface area contributed by atoms with Gasteiger partial charge in [0.2, 0.25) is 0 Å². The second-order valence-corrected chi connectivity index (χ2v) is 3.51. The van der Waals surface area contributed by atoms with Crippen LogP contribution in [0.15, 0.2) is 12.1 Å². The lowest BCUT2D eigenvalue weighted by molar-refractivity contribution is -0.385. The quantitative estimate of drug-likeness (QED) is 0.364. The highest BCUT2D eigenvalue weighted by Crippen LogP contribution is 2.23. The van der Waals surface area contributed by atoms with Crippen LogP contribution in [-0.4, -0.2) is 21.8 Å². The number of nitrogens with zero attached hydrogens (tertiary/aromatic N) is 1. The Balaban J connectivity index is 3.47. The normalized spacial score (nSPS) is 9.29. The molecule has 6 heteroatoms. The standard InChI is InChI=1S/C11H9NO4S/c1-7-9(11(13)14)5-8(3-2-4-17)6-10(7)12(15)16/h5-6,17H,4H2,1H3,(H,13,14). The molecule has 0 aliphatic heterocycles. The van der Waals surface area contributed by atoms with Gasteiger partial charge in [-0.3, -0.25) is 10.1 Å². The molecular weight excluding hydrogens is 242 g/mol. The molecule has 0 spiro atoms. The molecule has 1 N–H and O–H groups in total. The molecule has 0 bridgehead atoms. The van der Waals surface area contributed by atoms with Gasteiger partial charge in [0.25, 0.3) is 5.69 Å². The predicted molar refractivity (Wildman–Crippen MR) is 65.5 cm³/mol. The molecule has 5 nitrogen and oxygen atoms in total. The van der Waals surface area contributed by atoms with Crippen LogP contribution in [0.2, 0.25) is 0 Å². The highest BCUT2D eigenvalue weighted by atomic mass is 32.1. The summed E-state index contributed by atoms with van der Waals surface area (Å²) in [7, 11) is 0. The van der Waals surface area contributed by atoms with Gasteiger partial charge in [-0.05, 0) is 13.0 Å². The zero-order valence-corrected chi connectivity index (χ0v) is 9.82. The molecule has 17 heavy (non-hydrogen) atoms. The fourth-order valence-electron chi connectivity index (χ4n) is 1.32. The molecule has 1 aromatic rings. The zero-order chi connectivity index (χ0) is 13.0. The van der Waals surface area contributed by atoms with E-state index in [1.165, 1.54) is 19.1 Å². The number of nitro groups is 1. The van der Waals surface area contributed by atoms with E-state index in [0.29, 0.717) is 11.3 Å². The van der Waals surface area contributed by atoms with Gasteiger partial charge < -0.3 is 5.11 Å². The van der Waals surface area contributed by atoms with Gasteiger partial charge in [0.05, 0.1) is 16.2 Å². The number of hydrogen-bond donors (Lipinski definition) is 2. The molecule has 0 atom stereocenters. The smallest absolute Gasteiger partial charge is 0.336 e. The third-order valence-corrected chi connectivity index (χ3v) is 2.28. The van der Waals surface area contributed by atoms with E-state index in [2.05, 4.69) is 24.5 Å². The number of rotatable bonds is 2. The Hall–Kier alpha value is -2.00. The number of nitro benzene ring substituents is 1. The van der Waals surface area contributed by atoms with Crippen molar-refractivity contribution in [2.45, 2.75) is 6.92 Å². The van der Waals surface area contributed by atoms with Crippen LogP contribution >= 0.6 is 12.6 Å². The second-order valence-electron chi connectivity index (χ2n) is 3.19. The van der Waals surface area contributed by atoms with Crippen molar-refractivity contribution in [3.8, 4) is 11.8 Å². The lowest BCUT2D eigenvalue weighted by atomic mass is 10.0. The Labute approximate surface area is 103 Å². The zero-order valence-electron chi connectivity index (χ0n) is 8.93. The van der Waals surface area contributed by atoms with E-state index in [1.54, 1.807) is 0 Å². The number of carboxylic acids is 1. The van der Waals surface area contributed by atoms with Crippen LogP contribution in [0.5, 0.6) is 0 Å². The van der Waals surface area contributed by atoms with Gasteiger partial charge in [-0.2, -0.15) is 12.6 Å². The summed E-state index contributed by atoms with van der Waals surface area (Å²) < 4.78 is 0. The molecule has 0 aliphatic rings. The van der Waals surface area contributed by atoms with E-state index in [4.69, 9.17) is 5.11 Å². The molecule has 0 fully saturated rings. The summed E-state index contributed by atoms with van der Waals surface area (Å²) >= 11 is 3.88. The van der Waals surface area contributed by atoms with Crippen molar-refractivity contribution in [1.29, 1.82) is 0 Å². The molecule has 0 unspecified atom stereocenters. The van der Waals surface area contributed by atoms with Crippen molar-refractivity contribution < 1.29 is 14.8 Å². The van der Waals surface area contributed by atoms with Crippen molar-refractivity contribution in [2.24, 2.45) is 0 Å². The first-order valence-corrected chi connectivity index (χ1v) is 5.22. The summed E-state index contributed by atoms with van der Waals surface area (Å²) in [6.45, 7) is 1.40. The third-order valence-electron chi connectivity index (χ3n) is 2.12. The molecule has 88 valence electrons. The Morgan fingerprint density at radius 3 is 2.71 bits per heavy atom. The molecule has 0 aromatic heterocycles. The molecule has 0 saturated heterocycles. The largest absolute Gasteiger partial charge is 0.478 e. The van der Waals surface area contributed by atoms with Gasteiger partial charge in [-0.1, -0.05) is 11.8 Å². The highest BCUT2D eigenvalue weighted by molar-refractivity contribution is 7.80. The van der Waals surface area contributed by atoms with E-state index in [-0.39, 0.29) is 16.8 Å². The minimum absolute atomic E-state index is 0.109. The maximum absolute atomic E-state index is 10.9. The molecule has 0 heterocycles. The maximum atomic E-state index is 10.9. The van der Waals surface area contributed by atoms with E-state index < -0.39 is 10.9 Å². The Morgan fingerprint density at radius 2 is 2.24 bits per heavy atom. The number of aromatic carboxylic acids is 1. The number of carbonyl (C=O) groups is 1. The van der Waals surface area contributed by atoms with Crippen molar-refractivity contribution in [1.82, 2.24) is 0 Å². The van der Waals surface area contributed by atoms with E-state index in [0.717, 1.165) is 0 Å². The fourth-order valence-corrected chi connectivity index (χ4v) is 1.40. The predicted octanol–water partition coefficient (Wildman–Crippen LogP) is 1.88. The molecule has 0 saturated carbocycles. The number of benzene rings is 1. The SMILES string of the molecule is Cc1c(C(=O)O)cc(C#CCS)cc1[N+](=O)[O-]. The van der Waals surface area contributed by atoms with E-state index in [1.807, 2.05) is 0 Å². The Bertz CT molecular complexity index is 507. The summed E-state index contributed by atoms with van der Waals surface area (Å²) in [5.41, 5.74) is 0.0729. The lowest BCUT2D eigenvalue weighted by Gasteiger charge is -2.03. The van der Waals surface area contributed by atoms with Crippen molar-refractivity contribution in [3.05, 3.63) is 38.9 Å². The first-order valence-electron chi connectivity index (χ1n) is 4.59. The lowest BCUT2D eigenvalue weighted by Crippen LogP contribution is -2.04. The fraction of sp³-hybridized carbons (Fsp3) is 0.182. The second kappa shape index (κ2) is 5.37. The number of carboxylic acid groups (broad SMARTS) is 1. The monoisotopic (exact) mass is 251 g/mol. The van der Waals surface area contributed by atoms with E-state index in [9.17, 15) is 14.9 Å². The Morgan fingerprint density at radius 1 is 1.59 bits per heavy atom. The van der Waals surface area contributed by atoms with Crippen LogP contribution in [0.3, 0.4) is 0 Å². The van der Waals surface area contributed by atoms with Crippen LogP contribution in [0.4, 0.5) is 5.69 Å². The summed E-state index contributed by atoms with van der Waals surface area (Å²) in [6, 6.07) is 2.58. The Kier molecular flexibility index (Phi) is 4.12. The van der Waals surface area contributed by atoms with Gasteiger partial charge >= 0.3 is 5.97 Å². The molecule has 1 rings (SSSR count). The summed E-state index contributed by atoms with van der Waals surface area (Å²) in [5.74, 6) is 4.32. The van der Waals surface area contributed by atoms with Crippen LogP contribution < -0.4 is 0 Å². The van der Waals surface area contributed by atoms with Gasteiger partial charge in [-0.25, -0.2) is 4.79 Å². The van der Waals surface area contributed by atoms with Gasteiger partial charge in [-0.15, -0.1) is 0 Å². The first kappa shape index (κ1) is 13.1. The van der Waals surface area contributed by atoms with Crippen LogP contribution in [0.25, 0.3) is 0 Å². The van der Waals surface area contributed by atoms with Gasteiger partial charge in [0, 0.05) is 17.2 Å². The summed E-state index contributed by atoms with van der Waals surface area (Å²) in [4.78, 5) is 21.1. The van der Waals surface area contributed by atoms with E-state index >= 15 is 0 Å². The van der Waals surface area contributed by atoms with Crippen molar-refractivity contribution in [3.63, 3.8) is 0 Å². The van der Waals surface area contributed by atoms with Crippen LogP contribution in [0.1, 0.15) is 21.5 Å². The molecule has 0 aliphatic carbocycles. The topological polar surface area (TPSA) is 80.4 Å². The van der Waals surface area contributed by atoms with Gasteiger partial charge in [0.1, 0.15) is 0 Å². The minimum atomic E-state index is -1.21. The highest BCUT2D eigenvalue weighted by Gasteiger charge is 2.19. The third kappa shape index (κ3) is 2.98. The molecule has 0 radical (unpaired) electrons. The maximum Gasteiger partial charge on any atom is 0.336 e. The van der Waals surface area contributed by atoms with Crippen molar-refractivity contribution in [2.75, 3.05) is 5.75 Å². The average Bonchev–Trinajstić information content (AvgIpc) is 2.26. The summed E-state index contributed by atoms with van der Waals surface area (Å²) in [6.07, 6.45) is 0. The number of hydrogen-bond acceptors (Lipinski definition) is 4. The summed E-state index contributed by atoms with van der Waals surface area (Å²) in [5, 5.41) is 19.7. The van der Waals surface area contributed by atoms with Crippen molar-refractivity contribution >= 4 is 24.3 Å². The molecule has 0 amide bonds. The van der Waals surface area contributed by atoms with Gasteiger partial charge in [0.15, 0.2) is 0 Å². The van der Waals surface area contributed by atoms with Crippen LogP contribution in [0, 0.1) is 28.9 Å². The minimum Gasteiger partial charge on any atom is -0.478 e. The molecular formula is C11H9NO4S. The first-order chi connectivity index (χ1) is 7.97.